The maximum absolute atomic E-state index is 13.6. The van der Waals surface area contributed by atoms with Crippen molar-refractivity contribution in [1.29, 1.82) is 0 Å². The van der Waals surface area contributed by atoms with Crippen LogP contribution in [0.5, 0.6) is 5.75 Å². The van der Waals surface area contributed by atoms with Crippen molar-refractivity contribution in [2.24, 2.45) is 0 Å². The number of rotatable bonds is 16. The zero-order valence-corrected chi connectivity index (χ0v) is 23.7. The molecule has 0 aliphatic heterocycles. The molecule has 228 valence electrons. The first-order valence-electron chi connectivity index (χ1n) is 13.0. The number of carbonyl (C=O) groups excluding carboxylic acids is 2. The molecule has 41 heavy (non-hydrogen) atoms. The lowest BCUT2D eigenvalue weighted by atomic mass is 10.0. The topological polar surface area (TPSA) is 134 Å². The lowest BCUT2D eigenvalue weighted by Crippen LogP contribution is -2.51. The average molecular weight is 604 g/mol. The molecule has 0 unspecified atom stereocenters. The van der Waals surface area contributed by atoms with Crippen LogP contribution < -0.4 is 15.4 Å². The van der Waals surface area contributed by atoms with Gasteiger partial charge in [0.1, 0.15) is 12.4 Å². The fourth-order valence-corrected chi connectivity index (χ4v) is 5.38. The van der Waals surface area contributed by atoms with E-state index in [0.717, 1.165) is 22.7 Å². The Bertz CT molecular complexity index is 1210. The summed E-state index contributed by atoms with van der Waals surface area (Å²) in [4.78, 5) is 23.3. The van der Waals surface area contributed by atoms with Gasteiger partial charge in [0, 0.05) is 19.2 Å². The number of aliphatic hydroxyl groups is 1. The number of methoxy groups -OCH3 is 1. The fraction of sp³-hybridized carbons (Fsp3) is 0.481. The van der Waals surface area contributed by atoms with Crippen LogP contribution in [0.1, 0.15) is 31.7 Å². The molecule has 0 heterocycles. The highest BCUT2D eigenvalue weighted by molar-refractivity contribution is 7.89. The van der Waals surface area contributed by atoms with Crippen LogP contribution in [-0.4, -0.2) is 81.5 Å². The van der Waals surface area contributed by atoms with Gasteiger partial charge < -0.3 is 25.2 Å². The Morgan fingerprint density at radius 1 is 1.07 bits per heavy atom. The number of nitrogens with one attached hydrogen (secondary N) is 2. The number of aliphatic hydroxyl groups excluding tert-OH is 1. The number of nitrogens with zero attached hydrogens (tertiary/aromatic N) is 1. The van der Waals surface area contributed by atoms with E-state index in [-0.39, 0.29) is 24.4 Å². The molecule has 10 nitrogen and oxygen atoms in total. The molecule has 3 N–H and O–H groups in total. The monoisotopic (exact) mass is 603 g/mol. The number of sulfonamides is 1. The Hall–Kier alpha value is -3.36. The maximum atomic E-state index is 13.6. The van der Waals surface area contributed by atoms with Gasteiger partial charge >= 0.3 is 18.2 Å². The third kappa shape index (κ3) is 11.2. The van der Waals surface area contributed by atoms with Crippen LogP contribution in [0.2, 0.25) is 0 Å². The molecule has 2 amide bonds. The van der Waals surface area contributed by atoms with Crippen LogP contribution in [0.25, 0.3) is 0 Å². The Kier molecular flexibility index (Phi) is 13.4. The van der Waals surface area contributed by atoms with Gasteiger partial charge in [-0.3, -0.25) is 4.79 Å². The van der Waals surface area contributed by atoms with Gasteiger partial charge in [0.15, 0.2) is 0 Å². The third-order valence-corrected chi connectivity index (χ3v) is 7.89. The first-order valence-corrected chi connectivity index (χ1v) is 14.5. The number of carbonyl (C=O) groups is 2. The SMILES string of the molecule is CCCCCN(C[C@@H](O)[C@H](Cc1ccccc1)NC(=O)OCCNC(=O)C(F)(F)F)S(=O)(=O)c1cccc(OC)c1. The highest BCUT2D eigenvalue weighted by atomic mass is 32.2. The fourth-order valence-electron chi connectivity index (χ4n) is 3.85. The summed E-state index contributed by atoms with van der Waals surface area (Å²) in [6.07, 6.45) is -5.29. The van der Waals surface area contributed by atoms with Gasteiger partial charge in [-0.2, -0.15) is 17.5 Å². The van der Waals surface area contributed by atoms with Gasteiger partial charge in [0.05, 0.1) is 30.7 Å². The Labute approximate surface area is 237 Å². The molecule has 2 atom stereocenters. The molecule has 0 aliphatic rings. The highest BCUT2D eigenvalue weighted by Gasteiger charge is 2.38. The number of hydrogen-bond donors (Lipinski definition) is 3. The molecule has 0 saturated heterocycles. The second-order valence-corrected chi connectivity index (χ2v) is 11.1. The molecule has 0 fully saturated rings. The predicted octanol–water partition coefficient (Wildman–Crippen LogP) is 3.25. The zero-order chi connectivity index (χ0) is 30.5. The van der Waals surface area contributed by atoms with Crippen LogP contribution in [0, 0.1) is 0 Å². The van der Waals surface area contributed by atoms with Crippen molar-refractivity contribution in [3.63, 3.8) is 0 Å². The summed E-state index contributed by atoms with van der Waals surface area (Å²) in [6, 6.07) is 13.7. The van der Waals surface area contributed by atoms with Crippen molar-refractivity contribution in [3.8, 4) is 5.75 Å². The largest absolute Gasteiger partial charge is 0.497 e. The van der Waals surface area contributed by atoms with Crippen LogP contribution in [0.3, 0.4) is 0 Å². The average Bonchev–Trinajstić information content (AvgIpc) is 2.94. The van der Waals surface area contributed by atoms with E-state index in [2.05, 4.69) is 5.32 Å². The molecule has 0 radical (unpaired) electrons. The van der Waals surface area contributed by atoms with Crippen molar-refractivity contribution in [2.45, 2.75) is 55.8 Å². The lowest BCUT2D eigenvalue weighted by Gasteiger charge is -2.30. The minimum Gasteiger partial charge on any atom is -0.497 e. The summed E-state index contributed by atoms with van der Waals surface area (Å²) in [6.45, 7) is 0.584. The van der Waals surface area contributed by atoms with E-state index in [9.17, 15) is 36.3 Å². The number of alkyl carbamates (subject to hydrolysis) is 1. The first-order chi connectivity index (χ1) is 19.4. The van der Waals surface area contributed by atoms with E-state index in [1.807, 2.05) is 6.92 Å². The lowest BCUT2D eigenvalue weighted by molar-refractivity contribution is -0.173. The molecule has 2 aromatic carbocycles. The van der Waals surface area contributed by atoms with Crippen LogP contribution >= 0.6 is 0 Å². The molecule has 0 aromatic heterocycles. The molecule has 2 aromatic rings. The smallest absolute Gasteiger partial charge is 0.471 e. The number of hydrogen-bond acceptors (Lipinski definition) is 7. The number of amides is 2. The number of benzene rings is 2. The quantitative estimate of drug-likeness (QED) is 0.251. The second kappa shape index (κ2) is 16.2. The highest BCUT2D eigenvalue weighted by Crippen LogP contribution is 2.22. The Morgan fingerprint density at radius 3 is 2.41 bits per heavy atom. The van der Waals surface area contributed by atoms with Crippen molar-refractivity contribution < 1.29 is 45.8 Å². The molecule has 14 heteroatoms. The molecule has 0 bridgehead atoms. The molecular formula is C27H36F3N3O7S. The molecule has 0 saturated carbocycles. The van der Waals surface area contributed by atoms with Crippen molar-refractivity contribution in [2.75, 3.05) is 33.4 Å². The molecule has 0 spiro atoms. The van der Waals surface area contributed by atoms with E-state index in [4.69, 9.17) is 9.47 Å². The van der Waals surface area contributed by atoms with Crippen molar-refractivity contribution in [1.82, 2.24) is 14.9 Å². The zero-order valence-electron chi connectivity index (χ0n) is 22.9. The number of unbranched alkanes of at least 4 members (excludes halogenated alkanes) is 2. The standard InChI is InChI=1S/C27H36F3N3O7S/c1-3-4-8-15-33(41(37,38)22-13-9-12-21(18-22)39-2)19-24(34)23(17-20-10-6-5-7-11-20)32-26(36)40-16-14-31-25(35)27(28,29)30/h5-7,9-13,18,23-24,34H,3-4,8,14-17,19H2,1-2H3,(H,31,35)(H,32,36)/t23-,24+/m0/s1. The van der Waals surface area contributed by atoms with E-state index < -0.39 is 53.5 Å². The van der Waals surface area contributed by atoms with Crippen LogP contribution in [0.4, 0.5) is 18.0 Å². The van der Waals surface area contributed by atoms with Crippen molar-refractivity contribution in [3.05, 3.63) is 60.2 Å². The van der Waals surface area contributed by atoms with E-state index in [0.29, 0.717) is 12.2 Å². The minimum absolute atomic E-state index is 0.0200. The summed E-state index contributed by atoms with van der Waals surface area (Å²) in [5.74, 6) is -1.82. The Balaban J connectivity index is 2.19. The molecular weight excluding hydrogens is 567 g/mol. The summed E-state index contributed by atoms with van der Waals surface area (Å²) in [5, 5.41) is 15.3. The van der Waals surface area contributed by atoms with E-state index >= 15 is 0 Å². The number of ether oxygens (including phenoxy) is 2. The van der Waals surface area contributed by atoms with Gasteiger partial charge in [-0.1, -0.05) is 56.2 Å². The van der Waals surface area contributed by atoms with Gasteiger partial charge in [0.25, 0.3) is 0 Å². The number of halogens is 3. The van der Waals surface area contributed by atoms with Crippen molar-refractivity contribution >= 4 is 22.0 Å². The van der Waals surface area contributed by atoms with E-state index in [1.54, 1.807) is 47.8 Å². The summed E-state index contributed by atoms with van der Waals surface area (Å²) < 4.78 is 75.3. The normalized spacial score (nSPS) is 13.3. The molecule has 0 aliphatic carbocycles. The number of alkyl halides is 3. The third-order valence-electron chi connectivity index (χ3n) is 6.03. The minimum atomic E-state index is -5.07. The predicted molar refractivity (Wildman–Crippen MR) is 145 cm³/mol. The van der Waals surface area contributed by atoms with Crippen LogP contribution in [0.15, 0.2) is 59.5 Å². The first kappa shape index (κ1) is 33.8. The summed E-state index contributed by atoms with van der Waals surface area (Å²) in [7, 11) is -2.65. The summed E-state index contributed by atoms with van der Waals surface area (Å²) >= 11 is 0. The van der Waals surface area contributed by atoms with Gasteiger partial charge in [-0.05, 0) is 30.5 Å². The van der Waals surface area contributed by atoms with Gasteiger partial charge in [-0.25, -0.2) is 13.2 Å². The van der Waals surface area contributed by atoms with Gasteiger partial charge in [0.2, 0.25) is 10.0 Å². The Morgan fingerprint density at radius 2 is 1.78 bits per heavy atom. The maximum Gasteiger partial charge on any atom is 0.471 e. The summed E-state index contributed by atoms with van der Waals surface area (Å²) in [5.41, 5.74) is 0.725. The van der Waals surface area contributed by atoms with Crippen LogP contribution in [-0.2, 0) is 26.0 Å². The van der Waals surface area contributed by atoms with E-state index in [1.165, 1.54) is 19.2 Å². The second-order valence-electron chi connectivity index (χ2n) is 9.15. The van der Waals surface area contributed by atoms with Gasteiger partial charge in [-0.15, -0.1) is 0 Å². The molecule has 2 rings (SSSR count).